The zero-order valence-corrected chi connectivity index (χ0v) is 14.3. The van der Waals surface area contributed by atoms with Crippen LogP contribution in [-0.4, -0.2) is 39.7 Å². The molecule has 0 N–H and O–H groups in total. The highest BCUT2D eigenvalue weighted by Gasteiger charge is 2.31. The van der Waals surface area contributed by atoms with Crippen LogP contribution in [0.1, 0.15) is 33.9 Å². The van der Waals surface area contributed by atoms with Crippen molar-refractivity contribution >= 4 is 5.91 Å². The van der Waals surface area contributed by atoms with Gasteiger partial charge in [0.15, 0.2) is 0 Å². The first-order valence-electron chi connectivity index (χ1n) is 7.93. The van der Waals surface area contributed by atoms with Crippen molar-refractivity contribution < 1.29 is 14.1 Å². The van der Waals surface area contributed by atoms with Crippen molar-refractivity contribution in [2.45, 2.75) is 33.3 Å². The van der Waals surface area contributed by atoms with Crippen molar-refractivity contribution in [2.24, 2.45) is 7.05 Å². The van der Waals surface area contributed by atoms with Crippen LogP contribution in [0.2, 0.25) is 0 Å². The zero-order valence-electron chi connectivity index (χ0n) is 14.3. The minimum absolute atomic E-state index is 0.0856. The van der Waals surface area contributed by atoms with Gasteiger partial charge in [0, 0.05) is 31.8 Å². The van der Waals surface area contributed by atoms with Gasteiger partial charge in [0.05, 0.1) is 12.2 Å². The van der Waals surface area contributed by atoms with Crippen LogP contribution in [-0.2, 0) is 7.05 Å². The Labute approximate surface area is 139 Å². The normalized spacial score (nSPS) is 17.3. The number of hydrogen-bond donors (Lipinski definition) is 0. The van der Waals surface area contributed by atoms with E-state index < -0.39 is 0 Å². The van der Waals surface area contributed by atoms with Crippen molar-refractivity contribution in [1.82, 2.24) is 14.6 Å². The number of hydrogen-bond acceptors (Lipinski definition) is 5. The molecule has 1 fully saturated rings. The van der Waals surface area contributed by atoms with E-state index in [0.29, 0.717) is 35.9 Å². The average molecular weight is 331 g/mol. The van der Waals surface area contributed by atoms with Crippen molar-refractivity contribution in [1.29, 1.82) is 0 Å². The minimum Gasteiger partial charge on any atom is -0.488 e. The van der Waals surface area contributed by atoms with E-state index in [1.54, 1.807) is 30.4 Å². The number of ether oxygens (including phenoxy) is 1. The monoisotopic (exact) mass is 331 g/mol. The van der Waals surface area contributed by atoms with Gasteiger partial charge in [0.1, 0.15) is 23.2 Å². The summed E-state index contributed by atoms with van der Waals surface area (Å²) in [6.45, 7) is 6.45. The molecule has 7 nitrogen and oxygen atoms in total. The van der Waals surface area contributed by atoms with Crippen molar-refractivity contribution in [3.63, 3.8) is 0 Å². The molecule has 0 saturated carbocycles. The number of nitrogens with zero attached hydrogens (tertiary/aromatic N) is 3. The van der Waals surface area contributed by atoms with Gasteiger partial charge in [-0.15, -0.1) is 0 Å². The number of pyridine rings is 1. The van der Waals surface area contributed by atoms with Gasteiger partial charge < -0.3 is 18.7 Å². The lowest BCUT2D eigenvalue weighted by Gasteiger charge is -2.17. The van der Waals surface area contributed by atoms with E-state index in [4.69, 9.17) is 9.26 Å². The molecule has 1 atom stereocenters. The molecule has 0 spiro atoms. The van der Waals surface area contributed by atoms with E-state index in [9.17, 15) is 9.59 Å². The summed E-state index contributed by atoms with van der Waals surface area (Å²) < 4.78 is 12.5. The molecule has 0 bridgehead atoms. The number of amides is 1. The van der Waals surface area contributed by atoms with E-state index in [-0.39, 0.29) is 17.6 Å². The van der Waals surface area contributed by atoms with Gasteiger partial charge in [-0.3, -0.25) is 9.59 Å². The molecule has 1 aliphatic rings. The molecule has 2 aromatic rings. The lowest BCUT2D eigenvalue weighted by Crippen LogP contribution is -2.31. The van der Waals surface area contributed by atoms with Crippen LogP contribution < -0.4 is 10.3 Å². The Kier molecular flexibility index (Phi) is 4.17. The summed E-state index contributed by atoms with van der Waals surface area (Å²) in [7, 11) is 1.72. The van der Waals surface area contributed by atoms with Gasteiger partial charge in [0.25, 0.3) is 11.5 Å². The number of likely N-dealkylation sites (tertiary alicyclic amines) is 1. The standard InChI is InChI=1S/C17H21N3O4/c1-10-7-14(8-15(21)19(10)4)23-13-5-6-20(9-13)17(22)16-11(2)18-24-12(16)3/h7-8,13H,5-6,9H2,1-4H3/t13-/m1/s1. The van der Waals surface area contributed by atoms with Gasteiger partial charge in [-0.1, -0.05) is 5.16 Å². The van der Waals surface area contributed by atoms with Crippen LogP contribution in [0.15, 0.2) is 21.5 Å². The number of aromatic nitrogens is 2. The molecule has 0 aliphatic carbocycles. The first-order chi connectivity index (χ1) is 11.4. The maximum Gasteiger partial charge on any atom is 0.259 e. The van der Waals surface area contributed by atoms with Crippen LogP contribution >= 0.6 is 0 Å². The number of aryl methyl sites for hydroxylation is 3. The SMILES string of the molecule is Cc1noc(C)c1C(=O)N1CC[C@@H](Oc2cc(C)n(C)c(=O)c2)C1. The Morgan fingerprint density at radius 1 is 1.33 bits per heavy atom. The second-order valence-electron chi connectivity index (χ2n) is 6.21. The molecule has 3 heterocycles. The predicted molar refractivity (Wildman–Crippen MR) is 87.3 cm³/mol. The molecule has 1 amide bonds. The van der Waals surface area contributed by atoms with Gasteiger partial charge in [-0.2, -0.15) is 0 Å². The molecule has 2 aromatic heterocycles. The fourth-order valence-corrected chi connectivity index (χ4v) is 2.95. The Morgan fingerprint density at radius 3 is 2.71 bits per heavy atom. The van der Waals surface area contributed by atoms with Crippen molar-refractivity contribution in [3.05, 3.63) is 45.2 Å². The van der Waals surface area contributed by atoms with Crippen LogP contribution in [0, 0.1) is 20.8 Å². The summed E-state index contributed by atoms with van der Waals surface area (Å²) in [6.07, 6.45) is 0.601. The molecule has 3 rings (SSSR count). The van der Waals surface area contributed by atoms with Crippen LogP contribution in [0.5, 0.6) is 5.75 Å². The van der Waals surface area contributed by atoms with Crippen molar-refractivity contribution in [3.8, 4) is 5.75 Å². The molecule has 1 aliphatic heterocycles. The van der Waals surface area contributed by atoms with Gasteiger partial charge in [-0.25, -0.2) is 0 Å². The molecule has 7 heteroatoms. The van der Waals surface area contributed by atoms with E-state index in [1.165, 1.54) is 6.07 Å². The molecule has 24 heavy (non-hydrogen) atoms. The summed E-state index contributed by atoms with van der Waals surface area (Å²) in [5.74, 6) is 0.994. The van der Waals surface area contributed by atoms with Crippen LogP contribution in [0.4, 0.5) is 0 Å². The molecule has 0 unspecified atom stereocenters. The molecule has 0 aromatic carbocycles. The molecule has 0 radical (unpaired) electrons. The number of carbonyl (C=O) groups excluding carboxylic acids is 1. The lowest BCUT2D eigenvalue weighted by molar-refractivity contribution is 0.0770. The highest BCUT2D eigenvalue weighted by atomic mass is 16.5. The third-order valence-electron chi connectivity index (χ3n) is 4.46. The molecular weight excluding hydrogens is 310 g/mol. The third kappa shape index (κ3) is 2.93. The third-order valence-corrected chi connectivity index (χ3v) is 4.46. The molecular formula is C17H21N3O4. The predicted octanol–water partition coefficient (Wildman–Crippen LogP) is 1.59. The minimum atomic E-state index is -0.124. The van der Waals surface area contributed by atoms with E-state index in [2.05, 4.69) is 5.16 Å². The average Bonchev–Trinajstić information content (AvgIpc) is 3.11. The van der Waals surface area contributed by atoms with Crippen molar-refractivity contribution in [2.75, 3.05) is 13.1 Å². The van der Waals surface area contributed by atoms with Gasteiger partial charge in [-0.05, 0) is 26.8 Å². The summed E-state index contributed by atoms with van der Waals surface area (Å²) in [5.41, 5.74) is 1.86. The first kappa shape index (κ1) is 16.3. The first-order valence-corrected chi connectivity index (χ1v) is 7.93. The molecule has 128 valence electrons. The fourth-order valence-electron chi connectivity index (χ4n) is 2.95. The summed E-state index contributed by atoms with van der Waals surface area (Å²) in [4.78, 5) is 26.2. The fraction of sp³-hybridized carbons (Fsp3) is 0.471. The largest absolute Gasteiger partial charge is 0.488 e. The topological polar surface area (TPSA) is 77.6 Å². The Balaban J connectivity index is 1.70. The summed E-state index contributed by atoms with van der Waals surface area (Å²) >= 11 is 0. The van der Waals surface area contributed by atoms with Crippen LogP contribution in [0.25, 0.3) is 0 Å². The zero-order chi connectivity index (χ0) is 17.4. The second-order valence-corrected chi connectivity index (χ2v) is 6.21. The Morgan fingerprint density at radius 2 is 2.08 bits per heavy atom. The summed E-state index contributed by atoms with van der Waals surface area (Å²) in [5, 5.41) is 3.83. The number of rotatable bonds is 3. The molecule has 1 saturated heterocycles. The maximum absolute atomic E-state index is 12.6. The Hall–Kier alpha value is -2.57. The Bertz CT molecular complexity index is 817. The van der Waals surface area contributed by atoms with E-state index in [1.807, 2.05) is 13.0 Å². The second kappa shape index (κ2) is 6.14. The van der Waals surface area contributed by atoms with Gasteiger partial charge >= 0.3 is 0 Å². The van der Waals surface area contributed by atoms with E-state index in [0.717, 1.165) is 12.1 Å². The summed E-state index contributed by atoms with van der Waals surface area (Å²) in [6, 6.07) is 3.31. The van der Waals surface area contributed by atoms with Crippen LogP contribution in [0.3, 0.4) is 0 Å². The van der Waals surface area contributed by atoms with E-state index >= 15 is 0 Å². The smallest absolute Gasteiger partial charge is 0.259 e. The quantitative estimate of drug-likeness (QED) is 0.853. The maximum atomic E-state index is 12.6. The van der Waals surface area contributed by atoms with Gasteiger partial charge in [0.2, 0.25) is 0 Å². The highest BCUT2D eigenvalue weighted by Crippen LogP contribution is 2.22. The lowest BCUT2D eigenvalue weighted by atomic mass is 10.2. The number of carbonyl (C=O) groups is 1. The highest BCUT2D eigenvalue weighted by molar-refractivity contribution is 5.96.